The van der Waals surface area contributed by atoms with Gasteiger partial charge >= 0.3 is 0 Å². The van der Waals surface area contributed by atoms with E-state index in [1.165, 1.54) is 5.56 Å². The number of fused-ring (bicyclic) bond motifs is 1. The number of hydrogen-bond acceptors (Lipinski definition) is 7. The average molecular weight is 501 g/mol. The molecule has 0 bridgehead atoms. The molecule has 8 nitrogen and oxygen atoms in total. The summed E-state index contributed by atoms with van der Waals surface area (Å²) in [4.78, 5) is 17.8. The van der Waals surface area contributed by atoms with Crippen molar-refractivity contribution in [2.75, 3.05) is 55.1 Å². The maximum atomic E-state index is 13.6. The third-order valence-corrected chi connectivity index (χ3v) is 7.01. The number of carbonyl (C=O) groups is 1. The molecule has 0 unspecified atom stereocenters. The largest absolute Gasteiger partial charge is 0.493 e. The summed E-state index contributed by atoms with van der Waals surface area (Å²) >= 11 is 0. The molecule has 2 aromatic rings. The van der Waals surface area contributed by atoms with Gasteiger partial charge < -0.3 is 33.5 Å². The van der Waals surface area contributed by atoms with Crippen LogP contribution in [0.4, 0.5) is 0 Å². The Morgan fingerprint density at radius 3 is 2.08 bits per heavy atom. The number of hydrogen-bond donors (Lipinski definition) is 0. The summed E-state index contributed by atoms with van der Waals surface area (Å²) in [5.74, 6) is 3.05. The predicted octanol–water partition coefficient (Wildman–Crippen LogP) is 4.64. The third-order valence-electron chi connectivity index (χ3n) is 7.01. The molecule has 8 heteroatoms. The van der Waals surface area contributed by atoms with E-state index in [2.05, 4.69) is 31.9 Å². The first-order chi connectivity index (χ1) is 17.4. The first-order valence-electron chi connectivity index (χ1n) is 12.5. The number of nitrogens with zero attached hydrogens (tertiary/aromatic N) is 2. The van der Waals surface area contributed by atoms with Crippen molar-refractivity contribution in [3.63, 3.8) is 0 Å². The topological polar surface area (TPSA) is 69.7 Å². The standard InChI is InChI=1S/C28H40N2O6/c1-8-28(9-2)30(27(31)21-18-25(34-6)26(35-7)19-23(21)36-28)15-10-14-29(3)16-13-20-11-12-22(32-4)24(17-20)33-5/h11-12,17-19H,8-10,13-16H2,1-7H3. The predicted molar refractivity (Wildman–Crippen MR) is 140 cm³/mol. The van der Waals surface area contributed by atoms with Crippen molar-refractivity contribution < 1.29 is 28.5 Å². The number of benzene rings is 2. The van der Waals surface area contributed by atoms with Crippen LogP contribution in [0.25, 0.3) is 0 Å². The first kappa shape index (κ1) is 27.5. The van der Waals surface area contributed by atoms with Gasteiger partial charge in [-0.1, -0.05) is 19.9 Å². The van der Waals surface area contributed by atoms with E-state index in [1.807, 2.05) is 17.0 Å². The van der Waals surface area contributed by atoms with Crippen molar-refractivity contribution in [3.8, 4) is 28.7 Å². The molecular formula is C28H40N2O6. The lowest BCUT2D eigenvalue weighted by Gasteiger charge is -2.46. The van der Waals surface area contributed by atoms with Gasteiger partial charge in [0, 0.05) is 38.1 Å². The maximum Gasteiger partial charge on any atom is 0.260 e. The van der Waals surface area contributed by atoms with Crippen molar-refractivity contribution in [2.45, 2.75) is 45.3 Å². The molecule has 1 heterocycles. The van der Waals surface area contributed by atoms with E-state index in [9.17, 15) is 4.79 Å². The zero-order chi connectivity index (χ0) is 26.3. The van der Waals surface area contributed by atoms with Crippen LogP contribution in [0.3, 0.4) is 0 Å². The molecule has 36 heavy (non-hydrogen) atoms. The van der Waals surface area contributed by atoms with E-state index in [0.29, 0.717) is 42.2 Å². The Morgan fingerprint density at radius 2 is 1.47 bits per heavy atom. The Morgan fingerprint density at radius 1 is 0.861 bits per heavy atom. The van der Waals surface area contributed by atoms with Crippen LogP contribution in [0.1, 0.15) is 49.0 Å². The van der Waals surface area contributed by atoms with Crippen LogP contribution in [0.2, 0.25) is 0 Å². The number of likely N-dealkylation sites (N-methyl/N-ethyl adjacent to an activating group) is 1. The lowest BCUT2D eigenvalue weighted by Crippen LogP contribution is -2.58. The summed E-state index contributed by atoms with van der Waals surface area (Å²) in [5.41, 5.74) is 1.02. The highest BCUT2D eigenvalue weighted by atomic mass is 16.5. The molecule has 0 N–H and O–H groups in total. The number of methoxy groups -OCH3 is 4. The van der Waals surface area contributed by atoms with E-state index < -0.39 is 5.72 Å². The molecule has 1 amide bonds. The summed E-state index contributed by atoms with van der Waals surface area (Å²) in [7, 11) is 8.54. The SMILES string of the molecule is CCC1(CC)Oc2cc(OC)c(OC)cc2C(=O)N1CCCN(C)CCc1ccc(OC)c(OC)c1. The zero-order valence-electron chi connectivity index (χ0n) is 22.7. The van der Waals surface area contributed by atoms with Crippen LogP contribution >= 0.6 is 0 Å². The lowest BCUT2D eigenvalue weighted by atomic mass is 9.98. The molecule has 0 aromatic heterocycles. The lowest BCUT2D eigenvalue weighted by molar-refractivity contribution is -0.0822. The molecule has 1 aliphatic heterocycles. The van der Waals surface area contributed by atoms with E-state index in [4.69, 9.17) is 23.7 Å². The highest BCUT2D eigenvalue weighted by Gasteiger charge is 2.44. The van der Waals surface area contributed by atoms with Gasteiger partial charge in [0.1, 0.15) is 5.75 Å². The van der Waals surface area contributed by atoms with Gasteiger partial charge in [-0.2, -0.15) is 0 Å². The quantitative estimate of drug-likeness (QED) is 0.397. The molecule has 0 saturated carbocycles. The molecule has 0 spiro atoms. The number of rotatable bonds is 13. The van der Waals surface area contributed by atoms with Crippen LogP contribution in [0.15, 0.2) is 30.3 Å². The minimum atomic E-state index is -0.679. The Bertz CT molecular complexity index is 1040. The van der Waals surface area contributed by atoms with Crippen LogP contribution in [-0.4, -0.2) is 76.6 Å². The summed E-state index contributed by atoms with van der Waals surface area (Å²) in [6.07, 6.45) is 3.11. The van der Waals surface area contributed by atoms with Crippen molar-refractivity contribution in [2.24, 2.45) is 0 Å². The Labute approximate surface area is 215 Å². The molecule has 0 radical (unpaired) electrons. The minimum Gasteiger partial charge on any atom is -0.493 e. The van der Waals surface area contributed by atoms with Gasteiger partial charge in [-0.15, -0.1) is 0 Å². The zero-order valence-corrected chi connectivity index (χ0v) is 22.7. The molecule has 0 aliphatic carbocycles. The van der Waals surface area contributed by atoms with Gasteiger partial charge in [0.15, 0.2) is 28.7 Å². The Hall–Kier alpha value is -3.13. The summed E-state index contributed by atoms with van der Waals surface area (Å²) in [6.45, 7) is 6.48. The van der Waals surface area contributed by atoms with E-state index in [-0.39, 0.29) is 5.91 Å². The summed E-state index contributed by atoms with van der Waals surface area (Å²) in [6, 6.07) is 9.50. The second-order valence-electron chi connectivity index (χ2n) is 9.01. The Kier molecular flexibility index (Phi) is 9.31. The fourth-order valence-corrected chi connectivity index (χ4v) is 4.75. The van der Waals surface area contributed by atoms with Gasteiger partial charge in [0.2, 0.25) is 0 Å². The van der Waals surface area contributed by atoms with Gasteiger partial charge in [-0.3, -0.25) is 4.79 Å². The van der Waals surface area contributed by atoms with E-state index in [1.54, 1.807) is 40.6 Å². The van der Waals surface area contributed by atoms with Gasteiger partial charge in [-0.25, -0.2) is 0 Å². The van der Waals surface area contributed by atoms with Crippen LogP contribution in [-0.2, 0) is 6.42 Å². The molecular weight excluding hydrogens is 460 g/mol. The number of ether oxygens (including phenoxy) is 5. The molecule has 198 valence electrons. The van der Waals surface area contributed by atoms with Crippen LogP contribution < -0.4 is 23.7 Å². The van der Waals surface area contributed by atoms with Gasteiger partial charge in [-0.05, 0) is 44.1 Å². The van der Waals surface area contributed by atoms with Crippen molar-refractivity contribution in [3.05, 3.63) is 41.5 Å². The average Bonchev–Trinajstić information content (AvgIpc) is 2.91. The molecule has 0 atom stereocenters. The molecule has 0 saturated heterocycles. The van der Waals surface area contributed by atoms with Crippen molar-refractivity contribution >= 4 is 5.91 Å². The second-order valence-corrected chi connectivity index (χ2v) is 9.01. The smallest absolute Gasteiger partial charge is 0.260 e. The van der Waals surface area contributed by atoms with E-state index in [0.717, 1.165) is 37.4 Å². The fraction of sp³-hybridized carbons (Fsp3) is 0.536. The Balaban J connectivity index is 1.65. The number of carbonyl (C=O) groups excluding carboxylic acids is 1. The third kappa shape index (κ3) is 5.64. The summed E-state index contributed by atoms with van der Waals surface area (Å²) in [5, 5.41) is 0. The highest BCUT2D eigenvalue weighted by Crippen LogP contribution is 2.43. The maximum absolute atomic E-state index is 13.6. The van der Waals surface area contributed by atoms with E-state index >= 15 is 0 Å². The van der Waals surface area contributed by atoms with Crippen LogP contribution in [0.5, 0.6) is 28.7 Å². The highest BCUT2D eigenvalue weighted by molar-refractivity contribution is 5.99. The number of amides is 1. The monoisotopic (exact) mass is 500 g/mol. The molecule has 1 aliphatic rings. The fourth-order valence-electron chi connectivity index (χ4n) is 4.75. The first-order valence-corrected chi connectivity index (χ1v) is 12.5. The molecule has 0 fully saturated rings. The molecule has 3 rings (SSSR count). The summed E-state index contributed by atoms with van der Waals surface area (Å²) < 4.78 is 28.1. The van der Waals surface area contributed by atoms with Gasteiger partial charge in [0.05, 0.1) is 34.0 Å². The normalized spacial score (nSPS) is 14.3. The molecule has 2 aromatic carbocycles. The minimum absolute atomic E-state index is 0.0334. The second kappa shape index (κ2) is 12.2. The van der Waals surface area contributed by atoms with Gasteiger partial charge in [0.25, 0.3) is 5.91 Å². The van der Waals surface area contributed by atoms with Crippen molar-refractivity contribution in [1.29, 1.82) is 0 Å². The van der Waals surface area contributed by atoms with Crippen molar-refractivity contribution in [1.82, 2.24) is 9.80 Å². The van der Waals surface area contributed by atoms with Crippen LogP contribution in [0, 0.1) is 0 Å².